The number of guanidine groups is 1. The number of halogens is 1. The largest absolute Gasteiger partial charge is 0.379 e. The number of rotatable bonds is 9. The van der Waals surface area contributed by atoms with Gasteiger partial charge in [-0.2, -0.15) is 0 Å². The van der Waals surface area contributed by atoms with Crippen LogP contribution in [0.1, 0.15) is 32.9 Å². The molecule has 1 aromatic heterocycles. The zero-order valence-corrected chi connectivity index (χ0v) is 21.2. The molecule has 2 heterocycles. The molecule has 172 valence electrons. The molecule has 3 rings (SSSR count). The van der Waals surface area contributed by atoms with Crippen molar-refractivity contribution in [2.24, 2.45) is 10.9 Å². The molecule has 1 aliphatic rings. The second-order valence-electron chi connectivity index (χ2n) is 8.06. The minimum atomic E-state index is 0. The molecule has 1 unspecified atom stereocenters. The zero-order valence-electron chi connectivity index (χ0n) is 18.8. The van der Waals surface area contributed by atoms with Gasteiger partial charge in [-0.05, 0) is 19.3 Å². The number of ether oxygens (including phenoxy) is 1. The number of aliphatic imine (C=N–C) groups is 1. The van der Waals surface area contributed by atoms with Gasteiger partial charge in [0, 0.05) is 43.9 Å². The number of hydrogen-bond donors (Lipinski definition) is 2. The van der Waals surface area contributed by atoms with E-state index in [9.17, 15) is 0 Å². The molecule has 0 aliphatic carbocycles. The standard InChI is InChI=1S/C23H35N5O2.HI/c1-4-24-23(26-17-21(14-18(2)3)28-10-12-29-13-11-28)25-16-20-15-22(30-27-20)19-8-6-5-7-9-19;/h5-9,15,18,21H,4,10-14,16-17H2,1-3H3,(H2,24,25,26);1H. The fraction of sp³-hybridized carbons (Fsp3) is 0.565. The van der Waals surface area contributed by atoms with Crippen LogP contribution in [0.5, 0.6) is 0 Å². The van der Waals surface area contributed by atoms with Crippen molar-refractivity contribution >= 4 is 29.9 Å². The smallest absolute Gasteiger partial charge is 0.191 e. The molecular weight excluding hydrogens is 505 g/mol. The first-order valence-corrected chi connectivity index (χ1v) is 11.0. The lowest BCUT2D eigenvalue weighted by Crippen LogP contribution is -2.51. The van der Waals surface area contributed by atoms with Gasteiger partial charge in [-0.25, -0.2) is 4.99 Å². The summed E-state index contributed by atoms with van der Waals surface area (Å²) in [5.41, 5.74) is 1.84. The van der Waals surface area contributed by atoms with Crippen LogP contribution in [0.15, 0.2) is 45.9 Å². The zero-order chi connectivity index (χ0) is 21.2. The highest BCUT2D eigenvalue weighted by Crippen LogP contribution is 2.20. The first-order chi connectivity index (χ1) is 14.7. The van der Waals surface area contributed by atoms with Crippen molar-refractivity contribution < 1.29 is 9.26 Å². The highest BCUT2D eigenvalue weighted by molar-refractivity contribution is 14.0. The van der Waals surface area contributed by atoms with Gasteiger partial charge in [0.15, 0.2) is 11.7 Å². The molecule has 0 saturated carbocycles. The van der Waals surface area contributed by atoms with E-state index < -0.39 is 0 Å². The molecule has 1 aromatic carbocycles. The lowest BCUT2D eigenvalue weighted by Gasteiger charge is -2.35. The Morgan fingerprint density at radius 2 is 1.90 bits per heavy atom. The molecule has 2 N–H and O–H groups in total. The quantitative estimate of drug-likeness (QED) is 0.286. The molecule has 1 aliphatic heterocycles. The third-order valence-corrected chi connectivity index (χ3v) is 5.17. The van der Waals surface area contributed by atoms with E-state index in [1.54, 1.807) is 0 Å². The Balaban J connectivity index is 0.00000341. The SMILES string of the molecule is CCNC(=NCc1cc(-c2ccccc2)on1)NCC(CC(C)C)N1CCOCC1.I. The maximum Gasteiger partial charge on any atom is 0.191 e. The number of hydrogen-bond acceptors (Lipinski definition) is 5. The Kier molecular flexibility index (Phi) is 11.3. The average Bonchev–Trinajstić information content (AvgIpc) is 3.25. The predicted octanol–water partition coefficient (Wildman–Crippen LogP) is 3.76. The van der Waals surface area contributed by atoms with Crippen LogP contribution < -0.4 is 10.6 Å². The summed E-state index contributed by atoms with van der Waals surface area (Å²) in [6.45, 7) is 12.4. The molecule has 1 fully saturated rings. The van der Waals surface area contributed by atoms with Crippen LogP contribution in [0.4, 0.5) is 0 Å². The molecule has 8 heteroatoms. The van der Waals surface area contributed by atoms with Crippen molar-refractivity contribution in [2.75, 3.05) is 39.4 Å². The normalized spacial score (nSPS) is 16.1. The molecule has 2 aromatic rings. The van der Waals surface area contributed by atoms with E-state index in [4.69, 9.17) is 14.3 Å². The molecule has 0 amide bonds. The van der Waals surface area contributed by atoms with Crippen LogP contribution in [0.2, 0.25) is 0 Å². The van der Waals surface area contributed by atoms with Gasteiger partial charge in [-0.15, -0.1) is 24.0 Å². The van der Waals surface area contributed by atoms with Crippen molar-refractivity contribution in [3.8, 4) is 11.3 Å². The summed E-state index contributed by atoms with van der Waals surface area (Å²) in [5.74, 6) is 2.22. The van der Waals surface area contributed by atoms with E-state index in [0.717, 1.165) is 68.8 Å². The van der Waals surface area contributed by atoms with Crippen LogP contribution in [0.25, 0.3) is 11.3 Å². The molecule has 1 atom stereocenters. The van der Waals surface area contributed by atoms with Gasteiger partial charge in [0.25, 0.3) is 0 Å². The molecule has 0 radical (unpaired) electrons. The van der Waals surface area contributed by atoms with E-state index in [0.29, 0.717) is 18.5 Å². The molecule has 1 saturated heterocycles. The summed E-state index contributed by atoms with van der Waals surface area (Å²) < 4.78 is 11.0. The maximum atomic E-state index is 5.53. The molecular formula is C23H36IN5O2. The maximum absolute atomic E-state index is 5.53. The van der Waals surface area contributed by atoms with Crippen LogP contribution >= 0.6 is 24.0 Å². The van der Waals surface area contributed by atoms with Crippen molar-refractivity contribution in [1.82, 2.24) is 20.7 Å². The average molecular weight is 541 g/mol. The van der Waals surface area contributed by atoms with Gasteiger partial charge >= 0.3 is 0 Å². The Morgan fingerprint density at radius 1 is 1.16 bits per heavy atom. The van der Waals surface area contributed by atoms with E-state index >= 15 is 0 Å². The second-order valence-corrected chi connectivity index (χ2v) is 8.06. The van der Waals surface area contributed by atoms with E-state index in [1.165, 1.54) is 0 Å². The second kappa shape index (κ2) is 13.7. The molecule has 0 spiro atoms. The summed E-state index contributed by atoms with van der Waals surface area (Å²) in [4.78, 5) is 7.25. The summed E-state index contributed by atoms with van der Waals surface area (Å²) in [6.07, 6.45) is 1.15. The highest BCUT2D eigenvalue weighted by atomic mass is 127. The Labute approximate surface area is 203 Å². The van der Waals surface area contributed by atoms with Crippen molar-refractivity contribution in [3.63, 3.8) is 0 Å². The number of benzene rings is 1. The molecule has 31 heavy (non-hydrogen) atoms. The van der Waals surface area contributed by atoms with Gasteiger partial charge in [0.05, 0.1) is 19.8 Å². The number of nitrogens with one attached hydrogen (secondary N) is 2. The molecule has 0 bridgehead atoms. The van der Waals surface area contributed by atoms with Crippen LogP contribution in [-0.2, 0) is 11.3 Å². The van der Waals surface area contributed by atoms with Gasteiger partial charge in [-0.1, -0.05) is 49.3 Å². The Bertz CT molecular complexity index is 775. The van der Waals surface area contributed by atoms with Crippen LogP contribution in [0.3, 0.4) is 0 Å². The summed E-state index contributed by atoms with van der Waals surface area (Å²) in [5, 5.41) is 11.0. The Hall–Kier alpha value is -1.65. The minimum Gasteiger partial charge on any atom is -0.379 e. The van der Waals surface area contributed by atoms with E-state index in [-0.39, 0.29) is 24.0 Å². The first kappa shape index (κ1) is 25.6. The Morgan fingerprint density at radius 3 is 2.58 bits per heavy atom. The van der Waals surface area contributed by atoms with Crippen molar-refractivity contribution in [1.29, 1.82) is 0 Å². The lowest BCUT2D eigenvalue weighted by molar-refractivity contribution is 0.0132. The van der Waals surface area contributed by atoms with Gasteiger partial charge in [0.1, 0.15) is 5.69 Å². The summed E-state index contributed by atoms with van der Waals surface area (Å²) >= 11 is 0. The number of nitrogens with zero attached hydrogens (tertiary/aromatic N) is 3. The predicted molar refractivity (Wildman–Crippen MR) is 136 cm³/mol. The third kappa shape index (κ3) is 8.42. The van der Waals surface area contributed by atoms with Crippen LogP contribution in [0, 0.1) is 5.92 Å². The van der Waals surface area contributed by atoms with Crippen molar-refractivity contribution in [3.05, 3.63) is 42.1 Å². The topological polar surface area (TPSA) is 74.9 Å². The fourth-order valence-electron chi connectivity index (χ4n) is 3.69. The highest BCUT2D eigenvalue weighted by Gasteiger charge is 2.22. The van der Waals surface area contributed by atoms with Gasteiger partial charge in [0.2, 0.25) is 0 Å². The van der Waals surface area contributed by atoms with Gasteiger partial charge < -0.3 is 19.9 Å². The molecule has 7 nitrogen and oxygen atoms in total. The van der Waals surface area contributed by atoms with Crippen LogP contribution in [-0.4, -0.2) is 61.5 Å². The van der Waals surface area contributed by atoms with Crippen molar-refractivity contribution in [2.45, 2.75) is 39.8 Å². The lowest BCUT2D eigenvalue weighted by atomic mass is 10.0. The minimum absolute atomic E-state index is 0. The monoisotopic (exact) mass is 541 g/mol. The fourth-order valence-corrected chi connectivity index (χ4v) is 3.69. The summed E-state index contributed by atoms with van der Waals surface area (Å²) in [6, 6.07) is 12.4. The van der Waals surface area contributed by atoms with E-state index in [1.807, 2.05) is 36.4 Å². The third-order valence-electron chi connectivity index (χ3n) is 5.17. The van der Waals surface area contributed by atoms with Gasteiger partial charge in [-0.3, -0.25) is 4.90 Å². The number of aromatic nitrogens is 1. The number of morpholine rings is 1. The first-order valence-electron chi connectivity index (χ1n) is 11.0. The summed E-state index contributed by atoms with van der Waals surface area (Å²) in [7, 11) is 0. The van der Waals surface area contributed by atoms with E-state index in [2.05, 4.69) is 41.5 Å².